The Labute approximate surface area is 122 Å². The maximum Gasteiger partial charge on any atom is 0.260 e. The Kier molecular flexibility index (Phi) is 5.10. The van der Waals surface area contributed by atoms with Crippen molar-refractivity contribution in [2.24, 2.45) is 11.8 Å². The Hall–Kier alpha value is 0.370. The lowest BCUT2D eigenvalue weighted by atomic mass is 9.94. The zero-order valence-corrected chi connectivity index (χ0v) is 12.9. The average Bonchev–Trinajstić information content (AvgIpc) is 2.99. The summed E-state index contributed by atoms with van der Waals surface area (Å²) >= 11 is 2.08. The third-order valence-corrected chi connectivity index (χ3v) is 4.72. The lowest BCUT2D eigenvalue weighted by Gasteiger charge is -2.32. The number of alkyl halides is 2. The average molecular weight is 391 g/mol. The van der Waals surface area contributed by atoms with Gasteiger partial charge in [-0.25, -0.2) is 8.78 Å². The van der Waals surface area contributed by atoms with E-state index in [9.17, 15) is 13.6 Å². The zero-order valence-electron chi connectivity index (χ0n) is 9.91. The molecular formula is C11H16F2INO2S. The molecule has 1 amide bonds. The van der Waals surface area contributed by atoms with Crippen LogP contribution in [0.3, 0.4) is 0 Å². The quantitative estimate of drug-likeness (QED) is 0.409. The number of halogens is 3. The predicted molar refractivity (Wildman–Crippen MR) is 74.5 cm³/mol. The summed E-state index contributed by atoms with van der Waals surface area (Å²) < 4.78 is 30.8. The topological polar surface area (TPSA) is 29.5 Å². The molecule has 1 unspecified atom stereocenters. The van der Waals surface area contributed by atoms with Crippen molar-refractivity contribution < 1.29 is 17.8 Å². The van der Waals surface area contributed by atoms with Gasteiger partial charge in [-0.05, 0) is 25.2 Å². The smallest absolute Gasteiger partial charge is 0.260 e. The molecule has 1 aliphatic carbocycles. The van der Waals surface area contributed by atoms with E-state index in [-0.39, 0.29) is 12.3 Å². The molecule has 1 atom stereocenters. The Balaban J connectivity index is 1.69. The van der Waals surface area contributed by atoms with Crippen LogP contribution in [-0.2, 0) is 8.98 Å². The monoisotopic (exact) mass is 391 g/mol. The molecule has 3 nitrogen and oxygen atoms in total. The third-order valence-electron chi connectivity index (χ3n) is 3.70. The van der Waals surface area contributed by atoms with Crippen LogP contribution in [0.4, 0.5) is 8.78 Å². The summed E-state index contributed by atoms with van der Waals surface area (Å²) in [5, 5.41) is 0. The number of hydrogen-bond acceptors (Lipinski definition) is 3. The van der Waals surface area contributed by atoms with E-state index in [2.05, 4.69) is 21.2 Å². The Bertz CT molecular complexity index is 311. The molecule has 104 valence electrons. The molecule has 1 saturated carbocycles. The van der Waals surface area contributed by atoms with Crippen LogP contribution in [0.15, 0.2) is 0 Å². The maximum atomic E-state index is 12.8. The Morgan fingerprint density at radius 2 is 2.06 bits per heavy atom. The van der Waals surface area contributed by atoms with Crippen LogP contribution < -0.4 is 0 Å². The Morgan fingerprint density at radius 1 is 1.44 bits per heavy atom. The van der Waals surface area contributed by atoms with Gasteiger partial charge in [0.05, 0.1) is 15.8 Å². The second-order valence-corrected chi connectivity index (χ2v) is 6.40. The van der Waals surface area contributed by atoms with Crippen LogP contribution in [-0.4, -0.2) is 36.4 Å². The fraction of sp³-hybridized carbons (Fsp3) is 0.909. The molecule has 1 heterocycles. The first kappa shape index (κ1) is 14.8. The summed E-state index contributed by atoms with van der Waals surface area (Å²) in [5.74, 6) is -3.57. The molecular weight excluding hydrogens is 375 g/mol. The normalized spacial score (nSPS) is 27.3. The van der Waals surface area contributed by atoms with E-state index >= 15 is 0 Å². The minimum Gasteiger partial charge on any atom is -0.342 e. The first-order chi connectivity index (χ1) is 8.54. The van der Waals surface area contributed by atoms with Crippen LogP contribution in [0.5, 0.6) is 0 Å². The molecule has 0 radical (unpaired) electrons. The first-order valence-corrected chi connectivity index (χ1v) is 9.40. The molecule has 1 aliphatic heterocycles. The van der Waals surface area contributed by atoms with E-state index in [0.29, 0.717) is 25.6 Å². The van der Waals surface area contributed by atoms with Crippen LogP contribution in [0.1, 0.15) is 25.7 Å². The van der Waals surface area contributed by atoms with Crippen molar-refractivity contribution in [3.63, 3.8) is 0 Å². The number of likely N-dealkylation sites (tertiary alicyclic amines) is 1. The number of amides is 1. The molecule has 0 aromatic carbocycles. The van der Waals surface area contributed by atoms with Crippen molar-refractivity contribution in [2.75, 3.05) is 19.7 Å². The number of hydrogen-bond donors (Lipinski definition) is 0. The van der Waals surface area contributed by atoms with E-state index in [1.54, 1.807) is 4.90 Å². The van der Waals surface area contributed by atoms with Gasteiger partial charge in [0.1, 0.15) is 5.92 Å². The molecule has 1 saturated heterocycles. The number of rotatable bonds is 5. The largest absolute Gasteiger partial charge is 0.342 e. The molecule has 18 heavy (non-hydrogen) atoms. The number of nitrogens with zero attached hydrogens (tertiary/aromatic N) is 1. The molecule has 2 aliphatic rings. The second-order valence-electron chi connectivity index (χ2n) is 4.96. The summed E-state index contributed by atoms with van der Waals surface area (Å²) in [4.78, 5) is 13.4. The van der Waals surface area contributed by atoms with Crippen molar-refractivity contribution in [1.29, 1.82) is 0 Å². The highest BCUT2D eigenvalue weighted by Gasteiger charge is 2.62. The zero-order chi connectivity index (χ0) is 13.2. The lowest BCUT2D eigenvalue weighted by molar-refractivity contribution is -0.136. The number of carbonyl (C=O) groups is 1. The summed E-state index contributed by atoms with van der Waals surface area (Å²) in [6, 6.07) is 0. The first-order valence-electron chi connectivity index (χ1n) is 6.11. The van der Waals surface area contributed by atoms with Gasteiger partial charge >= 0.3 is 0 Å². The van der Waals surface area contributed by atoms with Crippen molar-refractivity contribution in [1.82, 2.24) is 4.90 Å². The lowest BCUT2D eigenvalue weighted by Crippen LogP contribution is -2.40. The second kappa shape index (κ2) is 6.21. The van der Waals surface area contributed by atoms with Gasteiger partial charge in [-0.2, -0.15) is 0 Å². The van der Waals surface area contributed by atoms with Crippen molar-refractivity contribution in [2.45, 2.75) is 31.6 Å². The van der Waals surface area contributed by atoms with Crippen LogP contribution in [0.2, 0.25) is 0 Å². The number of carbonyl (C=O) groups excluding carboxylic acids is 1. The molecule has 2 rings (SSSR count). The van der Waals surface area contributed by atoms with Gasteiger partial charge in [0.15, 0.2) is 0 Å². The van der Waals surface area contributed by atoms with Gasteiger partial charge in [-0.3, -0.25) is 4.79 Å². The molecule has 7 heteroatoms. The van der Waals surface area contributed by atoms with Gasteiger partial charge in [0.25, 0.3) is 5.92 Å². The Morgan fingerprint density at radius 3 is 2.56 bits per heavy atom. The third kappa shape index (κ3) is 3.69. The molecule has 0 bridgehead atoms. The van der Waals surface area contributed by atoms with Crippen LogP contribution in [0, 0.1) is 11.8 Å². The van der Waals surface area contributed by atoms with Crippen molar-refractivity contribution in [3.8, 4) is 0 Å². The fourth-order valence-electron chi connectivity index (χ4n) is 2.39. The van der Waals surface area contributed by atoms with Gasteiger partial charge in [-0.1, -0.05) is 0 Å². The van der Waals surface area contributed by atoms with Crippen LogP contribution >= 0.6 is 30.4 Å². The van der Waals surface area contributed by atoms with E-state index in [0.717, 1.165) is 19.3 Å². The van der Waals surface area contributed by atoms with Gasteiger partial charge in [-0.15, -0.1) is 0 Å². The maximum absolute atomic E-state index is 12.8. The SMILES string of the molecule is O=C(C1CC1(F)F)N1CCC(CCOSI)CC1. The van der Waals surface area contributed by atoms with E-state index in [4.69, 9.17) is 4.18 Å². The molecule has 0 aromatic rings. The van der Waals surface area contributed by atoms with E-state index < -0.39 is 11.8 Å². The van der Waals surface area contributed by atoms with Crippen LogP contribution in [0.25, 0.3) is 0 Å². The standard InChI is InChI=1S/C11H16F2INO2S/c12-11(13)7-9(11)10(16)15-4-1-8(2-5-15)3-6-17-18-14/h8-9H,1-7H2. The van der Waals surface area contributed by atoms with E-state index in [1.807, 2.05) is 0 Å². The minimum absolute atomic E-state index is 0.257. The van der Waals surface area contributed by atoms with Gasteiger partial charge in [0.2, 0.25) is 5.91 Å². The molecule has 2 fully saturated rings. The van der Waals surface area contributed by atoms with Crippen molar-refractivity contribution in [3.05, 3.63) is 0 Å². The predicted octanol–water partition coefficient (Wildman–Crippen LogP) is 3.29. The summed E-state index contributed by atoms with van der Waals surface area (Å²) in [5.41, 5.74) is 0. The van der Waals surface area contributed by atoms with E-state index in [1.165, 1.54) is 9.21 Å². The molecule has 0 N–H and O–H groups in total. The summed E-state index contributed by atoms with van der Waals surface area (Å²) in [6.45, 7) is 1.95. The van der Waals surface area contributed by atoms with Gasteiger partial charge in [0, 0.05) is 40.7 Å². The molecule has 0 aromatic heterocycles. The highest BCUT2D eigenvalue weighted by molar-refractivity contribution is 14.2. The summed E-state index contributed by atoms with van der Waals surface area (Å²) in [7, 11) is 1.33. The molecule has 0 spiro atoms. The fourth-order valence-corrected chi connectivity index (χ4v) is 3.09. The number of piperidine rings is 1. The minimum atomic E-state index is -2.74. The summed E-state index contributed by atoms with van der Waals surface area (Å²) in [6.07, 6.45) is 2.53. The van der Waals surface area contributed by atoms with Gasteiger partial charge < -0.3 is 9.08 Å². The highest BCUT2D eigenvalue weighted by atomic mass is 127. The highest BCUT2D eigenvalue weighted by Crippen LogP contribution is 2.49. The van der Waals surface area contributed by atoms with Crippen molar-refractivity contribution >= 4 is 36.3 Å².